The summed E-state index contributed by atoms with van der Waals surface area (Å²) in [5, 5.41) is 0. The average molecular weight is 328 g/mol. The number of primary amides is 1. The quantitative estimate of drug-likeness (QED) is 0.933. The topological polar surface area (TPSA) is 89.2 Å². The van der Waals surface area contributed by atoms with Crippen molar-refractivity contribution in [1.29, 1.82) is 0 Å². The van der Waals surface area contributed by atoms with E-state index in [4.69, 9.17) is 5.73 Å². The minimum absolute atomic E-state index is 0.183. The zero-order chi connectivity index (χ0) is 17.3. The molecule has 3 rings (SSSR count). The van der Waals surface area contributed by atoms with Crippen LogP contribution in [0, 0.1) is 12.7 Å². The first-order valence-corrected chi connectivity index (χ1v) is 7.67. The molecule has 1 aromatic carbocycles. The lowest BCUT2D eigenvalue weighted by Gasteiger charge is -2.24. The summed E-state index contributed by atoms with van der Waals surface area (Å²) in [7, 11) is 0. The number of hydrogen-bond donors (Lipinski definition) is 1. The summed E-state index contributed by atoms with van der Waals surface area (Å²) >= 11 is 0. The van der Waals surface area contributed by atoms with Gasteiger partial charge in [0.1, 0.15) is 5.82 Å². The van der Waals surface area contributed by atoms with Crippen molar-refractivity contribution in [2.75, 3.05) is 6.54 Å². The van der Waals surface area contributed by atoms with E-state index < -0.39 is 5.91 Å². The van der Waals surface area contributed by atoms with Crippen LogP contribution in [0.2, 0.25) is 0 Å². The van der Waals surface area contributed by atoms with Gasteiger partial charge in [-0.05, 0) is 44.0 Å². The van der Waals surface area contributed by atoms with E-state index in [1.54, 1.807) is 11.8 Å². The summed E-state index contributed by atoms with van der Waals surface area (Å²) in [6.07, 6.45) is 2.97. The van der Waals surface area contributed by atoms with E-state index in [1.807, 2.05) is 0 Å². The molecule has 2 heterocycles. The fourth-order valence-corrected chi connectivity index (χ4v) is 2.92. The first-order chi connectivity index (χ1) is 11.5. The Morgan fingerprint density at radius 1 is 1.29 bits per heavy atom. The molecule has 1 aliphatic rings. The number of carbonyl (C=O) groups is 2. The third-order valence-electron chi connectivity index (χ3n) is 4.17. The van der Waals surface area contributed by atoms with Gasteiger partial charge in [-0.15, -0.1) is 0 Å². The lowest BCUT2D eigenvalue weighted by atomic mass is 10.1. The standard InChI is InChI=1S/C17H17FN4O2/c1-10-13(15(19)23)9-20-16(21-10)14-3-2-8-22(14)17(24)11-4-6-12(18)7-5-11/h4-7,9,14H,2-3,8H2,1H3,(H2,19,23)/t14-/m1/s1. The number of rotatable bonds is 3. The Bertz CT molecular complexity index is 792. The molecular weight excluding hydrogens is 311 g/mol. The average Bonchev–Trinajstić information content (AvgIpc) is 3.04. The maximum atomic E-state index is 13.0. The van der Waals surface area contributed by atoms with E-state index in [0.717, 1.165) is 12.8 Å². The molecular formula is C17H17FN4O2. The van der Waals surface area contributed by atoms with Crippen LogP contribution in [-0.4, -0.2) is 33.2 Å². The first kappa shape index (κ1) is 16.0. The molecule has 7 heteroatoms. The summed E-state index contributed by atoms with van der Waals surface area (Å²) in [6, 6.07) is 5.20. The highest BCUT2D eigenvalue weighted by Crippen LogP contribution is 2.31. The van der Waals surface area contributed by atoms with Gasteiger partial charge < -0.3 is 10.6 Å². The zero-order valence-corrected chi connectivity index (χ0v) is 13.2. The molecule has 6 nitrogen and oxygen atoms in total. The number of aromatic nitrogens is 2. The fourth-order valence-electron chi connectivity index (χ4n) is 2.92. The highest BCUT2D eigenvalue weighted by atomic mass is 19.1. The third kappa shape index (κ3) is 2.97. The van der Waals surface area contributed by atoms with Crippen LogP contribution in [-0.2, 0) is 0 Å². The van der Waals surface area contributed by atoms with Crippen molar-refractivity contribution in [3.05, 3.63) is 58.9 Å². The minimum Gasteiger partial charge on any atom is -0.365 e. The summed E-state index contributed by atoms with van der Waals surface area (Å²) in [5.41, 5.74) is 6.46. The Morgan fingerprint density at radius 3 is 2.62 bits per heavy atom. The second-order valence-corrected chi connectivity index (χ2v) is 5.76. The number of amides is 2. The van der Waals surface area contributed by atoms with Crippen molar-refractivity contribution in [2.24, 2.45) is 5.73 Å². The van der Waals surface area contributed by atoms with Crippen LogP contribution in [0.25, 0.3) is 0 Å². The lowest BCUT2D eigenvalue weighted by molar-refractivity contribution is 0.0729. The normalized spacial score (nSPS) is 17.1. The first-order valence-electron chi connectivity index (χ1n) is 7.67. The van der Waals surface area contributed by atoms with E-state index in [-0.39, 0.29) is 23.3 Å². The smallest absolute Gasteiger partial charge is 0.254 e. The van der Waals surface area contributed by atoms with Crippen LogP contribution in [0.15, 0.2) is 30.5 Å². The summed E-state index contributed by atoms with van der Waals surface area (Å²) in [6.45, 7) is 2.27. The molecule has 0 unspecified atom stereocenters. The third-order valence-corrected chi connectivity index (χ3v) is 4.17. The van der Waals surface area contributed by atoms with Crippen molar-refractivity contribution >= 4 is 11.8 Å². The number of halogens is 1. The Labute approximate surface area is 138 Å². The number of nitrogens with zero attached hydrogens (tertiary/aromatic N) is 3. The maximum absolute atomic E-state index is 13.0. The van der Waals surface area contributed by atoms with Crippen molar-refractivity contribution in [3.8, 4) is 0 Å². The molecule has 124 valence electrons. The Morgan fingerprint density at radius 2 is 2.00 bits per heavy atom. The Balaban J connectivity index is 1.88. The highest BCUT2D eigenvalue weighted by Gasteiger charge is 2.32. The SMILES string of the molecule is Cc1nc([C@H]2CCCN2C(=O)c2ccc(F)cc2)ncc1C(N)=O. The fraction of sp³-hybridized carbons (Fsp3) is 0.294. The van der Waals surface area contributed by atoms with E-state index in [2.05, 4.69) is 9.97 Å². The highest BCUT2D eigenvalue weighted by molar-refractivity contribution is 5.95. The van der Waals surface area contributed by atoms with Crippen molar-refractivity contribution in [1.82, 2.24) is 14.9 Å². The molecule has 0 saturated carbocycles. The van der Waals surface area contributed by atoms with Crippen LogP contribution in [0.1, 0.15) is 51.1 Å². The predicted octanol–water partition coefficient (Wildman–Crippen LogP) is 2.00. The van der Waals surface area contributed by atoms with Gasteiger partial charge in [0.2, 0.25) is 0 Å². The number of aryl methyl sites for hydroxylation is 1. The number of nitrogens with two attached hydrogens (primary N) is 1. The van der Waals surface area contributed by atoms with Crippen molar-refractivity contribution in [3.63, 3.8) is 0 Å². The maximum Gasteiger partial charge on any atom is 0.254 e. The largest absolute Gasteiger partial charge is 0.365 e. The van der Waals surface area contributed by atoms with Gasteiger partial charge in [0.05, 0.1) is 17.3 Å². The second kappa shape index (κ2) is 6.35. The molecule has 1 atom stereocenters. The van der Waals surface area contributed by atoms with E-state index in [1.165, 1.54) is 30.5 Å². The van der Waals surface area contributed by atoms with Crippen LogP contribution in [0.3, 0.4) is 0 Å². The van der Waals surface area contributed by atoms with Crippen LogP contribution >= 0.6 is 0 Å². The molecule has 2 N–H and O–H groups in total. The molecule has 1 fully saturated rings. The van der Waals surface area contributed by atoms with Gasteiger partial charge in [0, 0.05) is 18.3 Å². The summed E-state index contributed by atoms with van der Waals surface area (Å²) in [5.74, 6) is -0.654. The zero-order valence-electron chi connectivity index (χ0n) is 13.2. The van der Waals surface area contributed by atoms with Gasteiger partial charge in [-0.1, -0.05) is 0 Å². The van der Waals surface area contributed by atoms with Crippen molar-refractivity contribution in [2.45, 2.75) is 25.8 Å². The molecule has 0 spiro atoms. The molecule has 2 amide bonds. The molecule has 1 aromatic heterocycles. The number of carbonyl (C=O) groups excluding carboxylic acids is 2. The number of likely N-dealkylation sites (tertiary alicyclic amines) is 1. The molecule has 0 aliphatic carbocycles. The van der Waals surface area contributed by atoms with Crippen LogP contribution in [0.4, 0.5) is 4.39 Å². The van der Waals surface area contributed by atoms with Gasteiger partial charge in [-0.25, -0.2) is 14.4 Å². The van der Waals surface area contributed by atoms with Crippen LogP contribution < -0.4 is 5.73 Å². The molecule has 1 aliphatic heterocycles. The molecule has 24 heavy (non-hydrogen) atoms. The van der Waals surface area contributed by atoms with Gasteiger partial charge >= 0.3 is 0 Å². The Hall–Kier alpha value is -2.83. The van der Waals surface area contributed by atoms with Gasteiger partial charge in [-0.3, -0.25) is 9.59 Å². The molecule has 0 radical (unpaired) electrons. The van der Waals surface area contributed by atoms with Crippen molar-refractivity contribution < 1.29 is 14.0 Å². The molecule has 2 aromatic rings. The number of hydrogen-bond acceptors (Lipinski definition) is 4. The lowest BCUT2D eigenvalue weighted by Crippen LogP contribution is -2.31. The monoisotopic (exact) mass is 328 g/mol. The van der Waals surface area contributed by atoms with Gasteiger partial charge in [-0.2, -0.15) is 0 Å². The molecule has 0 bridgehead atoms. The van der Waals surface area contributed by atoms with E-state index >= 15 is 0 Å². The van der Waals surface area contributed by atoms with E-state index in [0.29, 0.717) is 23.6 Å². The van der Waals surface area contributed by atoms with E-state index in [9.17, 15) is 14.0 Å². The summed E-state index contributed by atoms with van der Waals surface area (Å²) < 4.78 is 13.0. The van der Waals surface area contributed by atoms with Gasteiger partial charge in [0.15, 0.2) is 5.82 Å². The minimum atomic E-state index is -0.579. The number of benzene rings is 1. The summed E-state index contributed by atoms with van der Waals surface area (Å²) in [4.78, 5) is 34.2. The van der Waals surface area contributed by atoms with Gasteiger partial charge in [0.25, 0.3) is 11.8 Å². The predicted molar refractivity (Wildman–Crippen MR) is 84.7 cm³/mol. The second-order valence-electron chi connectivity index (χ2n) is 5.76. The van der Waals surface area contributed by atoms with Crippen LogP contribution in [0.5, 0.6) is 0 Å². The molecule has 1 saturated heterocycles. The Kier molecular flexibility index (Phi) is 4.24.